The molecule has 0 aliphatic rings. The van der Waals surface area contributed by atoms with E-state index in [1.807, 2.05) is 0 Å². The molecule has 0 aromatic carbocycles. The van der Waals surface area contributed by atoms with Crippen molar-refractivity contribution < 1.29 is 19.2 Å². The summed E-state index contributed by atoms with van der Waals surface area (Å²) in [6.45, 7) is 2.10. The van der Waals surface area contributed by atoms with Gasteiger partial charge in [-0.05, 0) is 6.42 Å². The molecule has 0 aliphatic heterocycles. The Hall–Kier alpha value is -0.233. The van der Waals surface area contributed by atoms with Gasteiger partial charge in [-0.3, -0.25) is 4.79 Å². The molecule has 3 N–H and O–H groups in total. The van der Waals surface area contributed by atoms with Gasteiger partial charge in [0.2, 0.25) is 5.41 Å². The van der Waals surface area contributed by atoms with Gasteiger partial charge in [-0.2, -0.15) is 0 Å². The molecule has 0 rings (SSSR count). The molecule has 0 saturated carbocycles. The fourth-order valence-electron chi connectivity index (χ4n) is 1.06. The monoisotopic (exact) mass is 206 g/mol. The van der Waals surface area contributed by atoms with Crippen molar-refractivity contribution in [3.8, 4) is 0 Å². The predicted molar refractivity (Wildman–Crippen MR) is 50.8 cm³/mol. The van der Waals surface area contributed by atoms with Crippen LogP contribution in [-0.2, 0) is 4.79 Å². The van der Waals surface area contributed by atoms with Crippen LogP contribution in [-0.4, -0.2) is 28.6 Å². The first-order valence-corrected chi connectivity index (χ1v) is 6.53. The van der Waals surface area contributed by atoms with Gasteiger partial charge in [0.1, 0.15) is 0 Å². The summed E-state index contributed by atoms with van der Waals surface area (Å²) in [4.78, 5) is 36.6. The average Bonchev–Trinajstić information content (AvgIpc) is 2.02. The Kier molecular flexibility index (Phi) is 6.14. The Balaban J connectivity index is 3.38. The van der Waals surface area contributed by atoms with Crippen LogP contribution >= 0.6 is 0 Å². The van der Waals surface area contributed by atoms with Crippen molar-refractivity contribution in [1.82, 2.24) is 0 Å². The van der Waals surface area contributed by atoms with Crippen LogP contribution in [0.1, 0.15) is 45.4 Å². The zero-order valence-corrected chi connectivity index (χ0v) is 8.99. The van der Waals surface area contributed by atoms with Crippen molar-refractivity contribution in [3.63, 3.8) is 0 Å². The third-order valence-corrected chi connectivity index (χ3v) is 2.88. The van der Waals surface area contributed by atoms with E-state index in [0.29, 0.717) is 6.42 Å². The molecular formula is C8H18O4Si. The Morgan fingerprint density at radius 1 is 1.08 bits per heavy atom. The standard InChI is InChI=1S/C8H18O4Si/c1-2-3-4-5-6-7-8(9)13(10,11)12/h10-12H,2-7H2,1H3. The third-order valence-electron chi connectivity index (χ3n) is 1.88. The zero-order valence-electron chi connectivity index (χ0n) is 7.99. The van der Waals surface area contributed by atoms with Gasteiger partial charge in [0.15, 0.2) is 0 Å². The van der Waals surface area contributed by atoms with E-state index in [-0.39, 0.29) is 6.42 Å². The second-order valence-corrected chi connectivity index (χ2v) is 5.05. The van der Waals surface area contributed by atoms with Crippen molar-refractivity contribution in [2.45, 2.75) is 45.4 Å². The van der Waals surface area contributed by atoms with Gasteiger partial charge in [-0.1, -0.05) is 32.6 Å². The van der Waals surface area contributed by atoms with Crippen molar-refractivity contribution in [1.29, 1.82) is 0 Å². The Bertz CT molecular complexity index is 153. The minimum atomic E-state index is -4.47. The lowest BCUT2D eigenvalue weighted by atomic mass is 10.1. The Morgan fingerprint density at radius 3 is 2.08 bits per heavy atom. The molecule has 0 saturated heterocycles. The third kappa shape index (κ3) is 6.89. The van der Waals surface area contributed by atoms with Crippen LogP contribution in [0.3, 0.4) is 0 Å². The number of hydrogen-bond acceptors (Lipinski definition) is 4. The van der Waals surface area contributed by atoms with Crippen molar-refractivity contribution in [2.24, 2.45) is 0 Å². The SMILES string of the molecule is CCCCCCCC(=O)[Si](O)(O)O. The molecule has 0 aromatic heterocycles. The van der Waals surface area contributed by atoms with E-state index in [4.69, 9.17) is 14.4 Å². The highest BCUT2D eigenvalue weighted by Crippen LogP contribution is 2.07. The first-order valence-electron chi connectivity index (χ1n) is 4.69. The number of carbonyl (C=O) groups excluding carboxylic acids is 1. The molecule has 0 radical (unpaired) electrons. The molecule has 0 atom stereocenters. The number of unbranched alkanes of at least 4 members (excludes halogenated alkanes) is 4. The van der Waals surface area contributed by atoms with Gasteiger partial charge in [0.05, 0.1) is 0 Å². The molecule has 0 unspecified atom stereocenters. The van der Waals surface area contributed by atoms with Crippen molar-refractivity contribution in [2.75, 3.05) is 0 Å². The zero-order chi connectivity index (χ0) is 10.3. The van der Waals surface area contributed by atoms with Crippen molar-refractivity contribution >= 4 is 14.2 Å². The van der Waals surface area contributed by atoms with Gasteiger partial charge in [0.25, 0.3) is 0 Å². The lowest BCUT2D eigenvalue weighted by Gasteiger charge is -2.06. The summed E-state index contributed by atoms with van der Waals surface area (Å²) in [5.74, 6) is 0. The first kappa shape index (κ1) is 12.8. The van der Waals surface area contributed by atoms with Gasteiger partial charge >= 0.3 is 8.80 Å². The highest BCUT2D eigenvalue weighted by Gasteiger charge is 2.37. The van der Waals surface area contributed by atoms with Gasteiger partial charge in [0, 0.05) is 6.42 Å². The van der Waals surface area contributed by atoms with Gasteiger partial charge in [-0.25, -0.2) is 0 Å². The fraction of sp³-hybridized carbons (Fsp3) is 0.875. The number of hydrogen-bond donors (Lipinski definition) is 3. The maximum Gasteiger partial charge on any atom is 0.566 e. The van der Waals surface area contributed by atoms with E-state index in [2.05, 4.69) is 6.92 Å². The summed E-state index contributed by atoms with van der Waals surface area (Å²) >= 11 is 0. The quantitative estimate of drug-likeness (QED) is 0.415. The summed E-state index contributed by atoms with van der Waals surface area (Å²) in [6, 6.07) is 0. The lowest BCUT2D eigenvalue weighted by Crippen LogP contribution is -2.45. The first-order chi connectivity index (χ1) is 5.98. The van der Waals surface area contributed by atoms with Crippen LogP contribution in [0, 0.1) is 0 Å². The predicted octanol–water partition coefficient (Wildman–Crippen LogP) is 0.371. The van der Waals surface area contributed by atoms with E-state index in [1.54, 1.807) is 0 Å². The highest BCUT2D eigenvalue weighted by molar-refractivity contribution is 6.89. The van der Waals surface area contributed by atoms with Gasteiger partial charge in [-0.15, -0.1) is 0 Å². The molecule has 0 aliphatic carbocycles. The second-order valence-electron chi connectivity index (χ2n) is 3.22. The maximum atomic E-state index is 10.8. The topological polar surface area (TPSA) is 77.8 Å². The normalized spacial score (nSPS) is 11.7. The molecule has 13 heavy (non-hydrogen) atoms. The summed E-state index contributed by atoms with van der Waals surface area (Å²) in [7, 11) is -4.47. The molecule has 4 nitrogen and oxygen atoms in total. The number of carbonyl (C=O) groups is 1. The van der Waals surface area contributed by atoms with Gasteiger partial charge < -0.3 is 14.4 Å². The van der Waals surface area contributed by atoms with E-state index >= 15 is 0 Å². The van der Waals surface area contributed by atoms with E-state index < -0.39 is 14.2 Å². The van der Waals surface area contributed by atoms with Crippen LogP contribution in [0.5, 0.6) is 0 Å². The summed E-state index contributed by atoms with van der Waals surface area (Å²) in [5, 5.41) is -0.788. The molecule has 0 heterocycles. The minimum Gasteiger partial charge on any atom is -0.385 e. The van der Waals surface area contributed by atoms with Crippen LogP contribution in [0.2, 0.25) is 0 Å². The molecule has 78 valence electrons. The summed E-state index contributed by atoms with van der Waals surface area (Å²) < 4.78 is 0. The molecule has 5 heteroatoms. The minimum absolute atomic E-state index is 0.0828. The summed E-state index contributed by atoms with van der Waals surface area (Å²) in [6.07, 6.45) is 4.94. The van der Waals surface area contributed by atoms with Crippen LogP contribution in [0.15, 0.2) is 0 Å². The average molecular weight is 206 g/mol. The fourth-order valence-corrected chi connectivity index (χ4v) is 1.57. The van der Waals surface area contributed by atoms with E-state index in [9.17, 15) is 4.79 Å². The molecule has 0 spiro atoms. The van der Waals surface area contributed by atoms with Crippen LogP contribution in [0.4, 0.5) is 0 Å². The molecular weight excluding hydrogens is 188 g/mol. The van der Waals surface area contributed by atoms with Crippen molar-refractivity contribution in [3.05, 3.63) is 0 Å². The molecule has 0 amide bonds. The molecule has 0 bridgehead atoms. The van der Waals surface area contributed by atoms with E-state index in [1.165, 1.54) is 0 Å². The van der Waals surface area contributed by atoms with Crippen LogP contribution < -0.4 is 0 Å². The maximum absolute atomic E-state index is 10.8. The molecule has 0 fully saturated rings. The summed E-state index contributed by atoms with van der Waals surface area (Å²) in [5.41, 5.74) is 0. The smallest absolute Gasteiger partial charge is 0.385 e. The second kappa shape index (κ2) is 6.26. The molecule has 0 aromatic rings. The Labute approximate surface area is 79.6 Å². The number of rotatable bonds is 7. The van der Waals surface area contributed by atoms with Crippen LogP contribution in [0.25, 0.3) is 0 Å². The lowest BCUT2D eigenvalue weighted by molar-refractivity contribution is -0.117. The Morgan fingerprint density at radius 2 is 1.62 bits per heavy atom. The largest absolute Gasteiger partial charge is 0.566 e. The van der Waals surface area contributed by atoms with E-state index in [0.717, 1.165) is 25.7 Å². The highest BCUT2D eigenvalue weighted by atomic mass is 28.4.